The monoisotopic (exact) mass is 391 g/mol. The van der Waals surface area contributed by atoms with Gasteiger partial charge in [-0.2, -0.15) is 0 Å². The van der Waals surface area contributed by atoms with E-state index in [4.69, 9.17) is 4.74 Å². The van der Waals surface area contributed by atoms with Gasteiger partial charge in [-0.05, 0) is 38.8 Å². The van der Waals surface area contributed by atoms with Crippen LogP contribution in [0.1, 0.15) is 26.7 Å². The Labute approximate surface area is 166 Å². The van der Waals surface area contributed by atoms with Crippen LogP contribution in [0, 0.1) is 11.7 Å². The Kier molecular flexibility index (Phi) is 6.88. The first-order valence-corrected chi connectivity index (χ1v) is 10.2. The Balaban J connectivity index is 1.49. The summed E-state index contributed by atoms with van der Waals surface area (Å²) in [6, 6.07) is 6.61. The molecule has 0 radical (unpaired) electrons. The molecule has 2 fully saturated rings. The number of benzene rings is 1. The van der Waals surface area contributed by atoms with E-state index in [1.54, 1.807) is 12.1 Å². The van der Waals surface area contributed by atoms with Gasteiger partial charge in [0.2, 0.25) is 5.91 Å². The van der Waals surface area contributed by atoms with Gasteiger partial charge in [0, 0.05) is 39.3 Å². The minimum atomic E-state index is -0.207. The number of likely N-dealkylation sites (tertiary alicyclic amines) is 1. The van der Waals surface area contributed by atoms with E-state index in [0.29, 0.717) is 51.3 Å². The molecule has 1 amide bonds. The van der Waals surface area contributed by atoms with Crippen molar-refractivity contribution in [2.75, 3.05) is 50.8 Å². The van der Waals surface area contributed by atoms with E-state index < -0.39 is 0 Å². The Morgan fingerprint density at radius 2 is 1.75 bits per heavy atom. The summed E-state index contributed by atoms with van der Waals surface area (Å²) in [4.78, 5) is 30.8. The fourth-order valence-electron chi connectivity index (χ4n) is 4.07. The maximum Gasteiger partial charge on any atom is 0.309 e. The zero-order valence-electron chi connectivity index (χ0n) is 16.8. The molecule has 2 saturated heterocycles. The molecule has 0 aromatic heterocycles. The summed E-state index contributed by atoms with van der Waals surface area (Å²) >= 11 is 0. The largest absolute Gasteiger partial charge is 0.466 e. The summed E-state index contributed by atoms with van der Waals surface area (Å²) in [7, 11) is 0. The molecule has 3 rings (SSSR count). The lowest BCUT2D eigenvalue weighted by atomic mass is 9.96. The smallest absolute Gasteiger partial charge is 0.309 e. The van der Waals surface area contributed by atoms with Crippen LogP contribution >= 0.6 is 0 Å². The molecule has 0 aliphatic carbocycles. The van der Waals surface area contributed by atoms with Gasteiger partial charge in [0.1, 0.15) is 5.82 Å². The summed E-state index contributed by atoms with van der Waals surface area (Å²) in [5.74, 6) is -0.332. The average molecular weight is 391 g/mol. The molecule has 0 bridgehead atoms. The lowest BCUT2D eigenvalue weighted by molar-refractivity contribution is -0.152. The highest BCUT2D eigenvalue weighted by molar-refractivity contribution is 5.82. The predicted octanol–water partition coefficient (Wildman–Crippen LogP) is 2.14. The van der Waals surface area contributed by atoms with Crippen molar-refractivity contribution < 1.29 is 18.7 Å². The summed E-state index contributed by atoms with van der Waals surface area (Å²) in [6.45, 7) is 8.19. The van der Waals surface area contributed by atoms with Crippen molar-refractivity contribution in [1.82, 2.24) is 9.80 Å². The molecule has 0 unspecified atom stereocenters. The van der Waals surface area contributed by atoms with Gasteiger partial charge in [0.15, 0.2) is 0 Å². The normalized spacial score (nSPS) is 20.1. The second-order valence-electron chi connectivity index (χ2n) is 7.50. The quantitative estimate of drug-likeness (QED) is 0.720. The number of amides is 1. The molecular weight excluding hydrogens is 361 g/mol. The van der Waals surface area contributed by atoms with E-state index in [-0.39, 0.29) is 29.7 Å². The van der Waals surface area contributed by atoms with Crippen molar-refractivity contribution in [2.45, 2.75) is 32.7 Å². The molecule has 1 aromatic rings. The molecule has 2 aliphatic heterocycles. The topological polar surface area (TPSA) is 53.1 Å². The van der Waals surface area contributed by atoms with Gasteiger partial charge in [0.05, 0.1) is 24.3 Å². The lowest BCUT2D eigenvalue weighted by Gasteiger charge is -2.41. The van der Waals surface area contributed by atoms with Gasteiger partial charge in [-0.25, -0.2) is 4.39 Å². The number of carbonyl (C=O) groups excluding carboxylic acids is 2. The first kappa shape index (κ1) is 20.6. The summed E-state index contributed by atoms with van der Waals surface area (Å²) in [6.07, 6.45) is 1.33. The minimum absolute atomic E-state index is 0.0939. The number of esters is 1. The van der Waals surface area contributed by atoms with Crippen molar-refractivity contribution >= 4 is 17.6 Å². The molecule has 2 aliphatic rings. The van der Waals surface area contributed by atoms with Crippen LogP contribution in [-0.4, -0.2) is 73.6 Å². The first-order chi connectivity index (χ1) is 13.5. The first-order valence-electron chi connectivity index (χ1n) is 10.2. The molecule has 1 aromatic carbocycles. The minimum Gasteiger partial charge on any atom is -0.466 e. The van der Waals surface area contributed by atoms with E-state index in [2.05, 4.69) is 4.90 Å². The number of ether oxygens (including phenoxy) is 1. The maximum absolute atomic E-state index is 14.0. The summed E-state index contributed by atoms with van der Waals surface area (Å²) in [5.41, 5.74) is 0.627. The Hall–Kier alpha value is -2.15. The van der Waals surface area contributed by atoms with Crippen molar-refractivity contribution in [3.63, 3.8) is 0 Å². The van der Waals surface area contributed by atoms with Gasteiger partial charge >= 0.3 is 5.97 Å². The molecule has 0 saturated carbocycles. The van der Waals surface area contributed by atoms with Crippen molar-refractivity contribution in [3.05, 3.63) is 30.1 Å². The maximum atomic E-state index is 14.0. The van der Waals surface area contributed by atoms with Crippen molar-refractivity contribution in [2.24, 2.45) is 5.92 Å². The standard InChI is InChI=1S/C21H30FN3O3/c1-3-28-21(27)17-8-10-25(11-9-17)20(26)16(2)23-12-14-24(15-13-23)19-7-5-4-6-18(19)22/h4-7,16-17H,3,8-15H2,1-2H3/t16-/m1/s1. The van der Waals surface area contributed by atoms with E-state index in [1.165, 1.54) is 6.07 Å². The van der Waals surface area contributed by atoms with E-state index in [0.717, 1.165) is 13.1 Å². The highest BCUT2D eigenvalue weighted by Gasteiger charge is 2.33. The second kappa shape index (κ2) is 9.37. The second-order valence-corrected chi connectivity index (χ2v) is 7.50. The number of anilines is 1. The van der Waals surface area contributed by atoms with Gasteiger partial charge in [0.25, 0.3) is 0 Å². The SMILES string of the molecule is CCOC(=O)C1CCN(C(=O)[C@@H](C)N2CCN(c3ccccc3F)CC2)CC1. The molecule has 7 heteroatoms. The zero-order chi connectivity index (χ0) is 20.1. The fraction of sp³-hybridized carbons (Fsp3) is 0.619. The number of rotatable bonds is 5. The van der Waals surface area contributed by atoms with Crippen LogP contribution in [0.3, 0.4) is 0 Å². The van der Waals surface area contributed by atoms with E-state index >= 15 is 0 Å². The number of hydrogen-bond donors (Lipinski definition) is 0. The Morgan fingerprint density at radius 3 is 2.36 bits per heavy atom. The number of hydrogen-bond acceptors (Lipinski definition) is 5. The van der Waals surface area contributed by atoms with Crippen LogP contribution < -0.4 is 4.90 Å². The average Bonchev–Trinajstić information content (AvgIpc) is 2.73. The van der Waals surface area contributed by atoms with Crippen LogP contribution in [-0.2, 0) is 14.3 Å². The van der Waals surface area contributed by atoms with Gasteiger partial charge in [-0.1, -0.05) is 12.1 Å². The van der Waals surface area contributed by atoms with Gasteiger partial charge in [-0.3, -0.25) is 14.5 Å². The highest BCUT2D eigenvalue weighted by atomic mass is 19.1. The number of carbonyl (C=O) groups is 2. The lowest BCUT2D eigenvalue weighted by Crippen LogP contribution is -2.55. The molecule has 6 nitrogen and oxygen atoms in total. The molecule has 154 valence electrons. The molecular formula is C21H30FN3O3. The fourth-order valence-corrected chi connectivity index (χ4v) is 4.07. The summed E-state index contributed by atoms with van der Waals surface area (Å²) in [5, 5.41) is 0. The van der Waals surface area contributed by atoms with Crippen LogP contribution in [0.5, 0.6) is 0 Å². The van der Waals surface area contributed by atoms with Crippen molar-refractivity contribution in [3.8, 4) is 0 Å². The molecule has 1 atom stereocenters. The Morgan fingerprint density at radius 1 is 1.11 bits per heavy atom. The van der Waals surface area contributed by atoms with Crippen LogP contribution in [0.15, 0.2) is 24.3 Å². The van der Waals surface area contributed by atoms with Gasteiger partial charge < -0.3 is 14.5 Å². The molecule has 0 N–H and O–H groups in total. The number of halogens is 1. The number of piperazine rings is 1. The highest BCUT2D eigenvalue weighted by Crippen LogP contribution is 2.23. The number of nitrogens with zero attached hydrogens (tertiary/aromatic N) is 3. The van der Waals surface area contributed by atoms with Crippen LogP contribution in [0.4, 0.5) is 10.1 Å². The number of piperidine rings is 1. The third-order valence-electron chi connectivity index (χ3n) is 5.84. The summed E-state index contributed by atoms with van der Waals surface area (Å²) < 4.78 is 19.1. The predicted molar refractivity (Wildman–Crippen MR) is 106 cm³/mol. The van der Waals surface area contributed by atoms with E-state index in [1.807, 2.05) is 29.7 Å². The molecule has 2 heterocycles. The van der Waals surface area contributed by atoms with Gasteiger partial charge in [-0.15, -0.1) is 0 Å². The third kappa shape index (κ3) is 4.63. The molecule has 0 spiro atoms. The van der Waals surface area contributed by atoms with Crippen LogP contribution in [0.2, 0.25) is 0 Å². The Bertz CT molecular complexity index is 683. The van der Waals surface area contributed by atoms with Crippen molar-refractivity contribution in [1.29, 1.82) is 0 Å². The third-order valence-corrected chi connectivity index (χ3v) is 5.84. The molecule has 28 heavy (non-hydrogen) atoms. The zero-order valence-corrected chi connectivity index (χ0v) is 16.8. The number of para-hydroxylation sites is 1. The van der Waals surface area contributed by atoms with Crippen LogP contribution in [0.25, 0.3) is 0 Å². The van der Waals surface area contributed by atoms with E-state index in [9.17, 15) is 14.0 Å².